The van der Waals surface area contributed by atoms with Gasteiger partial charge in [0.05, 0.1) is 44.7 Å². The molecule has 0 saturated heterocycles. The molecule has 0 amide bonds. The Hall–Kier alpha value is -4.33. The molecule has 1 N–H and O–H groups in total. The topological polar surface area (TPSA) is 95.5 Å². The zero-order valence-corrected chi connectivity index (χ0v) is 21.8. The smallest absolute Gasteiger partial charge is 0.308 e. The lowest BCUT2D eigenvalue weighted by Crippen LogP contribution is -2.38. The number of esters is 1. The molecule has 1 saturated carbocycles. The van der Waals surface area contributed by atoms with Crippen molar-refractivity contribution in [1.29, 1.82) is 0 Å². The average molecular weight is 515 g/mol. The van der Waals surface area contributed by atoms with E-state index < -0.39 is 11.9 Å². The Kier molecular flexibility index (Phi) is 7.05. The lowest BCUT2D eigenvalue weighted by atomic mass is 9.72. The van der Waals surface area contributed by atoms with Crippen LogP contribution in [0.4, 0.5) is 11.4 Å². The molecule has 1 fully saturated rings. The van der Waals surface area contributed by atoms with Crippen LogP contribution in [-0.2, 0) is 9.59 Å². The van der Waals surface area contributed by atoms with Gasteiger partial charge in [-0.2, -0.15) is 0 Å². The molecule has 0 spiro atoms. The Morgan fingerprint density at radius 3 is 2.24 bits per heavy atom. The Balaban J connectivity index is 1.55. The summed E-state index contributed by atoms with van der Waals surface area (Å²) in [6.45, 7) is 1.34. The second-order valence-electron chi connectivity index (χ2n) is 9.41. The number of nitrogens with zero attached hydrogens (tertiary/aromatic N) is 1. The molecule has 1 aliphatic carbocycles. The van der Waals surface area contributed by atoms with Crippen molar-refractivity contribution in [1.82, 2.24) is 0 Å². The second-order valence-corrected chi connectivity index (χ2v) is 9.41. The third-order valence-electron chi connectivity index (χ3n) is 7.10. The van der Waals surface area contributed by atoms with Crippen molar-refractivity contribution < 1.29 is 28.5 Å². The number of ketones is 1. The maximum atomic E-state index is 13.9. The Bertz CT molecular complexity index is 1420. The lowest BCUT2D eigenvalue weighted by Gasteiger charge is -2.34. The molecule has 2 aliphatic rings. The van der Waals surface area contributed by atoms with Crippen LogP contribution in [0.5, 0.6) is 23.0 Å². The SMILES string of the molecule is COc1ccc(C2CC(=O)C3C(=Nc4ccccc4NC3c3ccc(OC(C)=O)c(OC)c3)C2)cc1OC. The number of ether oxygens (including phenoxy) is 4. The third kappa shape index (κ3) is 4.81. The van der Waals surface area contributed by atoms with E-state index in [1.807, 2.05) is 54.6 Å². The van der Waals surface area contributed by atoms with Crippen molar-refractivity contribution in [2.24, 2.45) is 10.9 Å². The van der Waals surface area contributed by atoms with Crippen LogP contribution in [-0.4, -0.2) is 38.8 Å². The summed E-state index contributed by atoms with van der Waals surface area (Å²) in [6, 6.07) is 18.6. The van der Waals surface area contributed by atoms with Crippen molar-refractivity contribution >= 4 is 28.8 Å². The fraction of sp³-hybridized carbons (Fsp3) is 0.300. The highest BCUT2D eigenvalue weighted by atomic mass is 16.6. The molecule has 1 aliphatic heterocycles. The first kappa shape index (κ1) is 25.3. The summed E-state index contributed by atoms with van der Waals surface area (Å²) in [5, 5.41) is 3.57. The maximum absolute atomic E-state index is 13.9. The molecule has 0 radical (unpaired) electrons. The zero-order chi connectivity index (χ0) is 26.8. The third-order valence-corrected chi connectivity index (χ3v) is 7.10. The van der Waals surface area contributed by atoms with Gasteiger partial charge in [-0.05, 0) is 59.9 Å². The van der Waals surface area contributed by atoms with Crippen LogP contribution in [0.25, 0.3) is 0 Å². The fourth-order valence-electron chi connectivity index (χ4n) is 5.33. The van der Waals surface area contributed by atoms with Gasteiger partial charge in [-0.3, -0.25) is 14.6 Å². The van der Waals surface area contributed by atoms with Crippen LogP contribution in [0.15, 0.2) is 65.7 Å². The summed E-state index contributed by atoms with van der Waals surface area (Å²) in [5.41, 5.74) is 4.31. The van der Waals surface area contributed by atoms with Crippen molar-refractivity contribution in [3.8, 4) is 23.0 Å². The number of carbonyl (C=O) groups is 2. The van der Waals surface area contributed by atoms with Gasteiger partial charge >= 0.3 is 5.97 Å². The van der Waals surface area contributed by atoms with E-state index in [1.54, 1.807) is 20.3 Å². The van der Waals surface area contributed by atoms with Gasteiger partial charge < -0.3 is 24.3 Å². The van der Waals surface area contributed by atoms with Crippen LogP contribution in [0.1, 0.15) is 42.9 Å². The zero-order valence-electron chi connectivity index (χ0n) is 21.8. The number of para-hydroxylation sites is 2. The molecule has 5 rings (SSSR count). The number of Topliss-reactive ketones (excluding diaryl/α,β-unsaturated/α-hetero) is 1. The number of hydrogen-bond donors (Lipinski definition) is 1. The largest absolute Gasteiger partial charge is 0.493 e. The van der Waals surface area contributed by atoms with E-state index in [-0.39, 0.29) is 17.7 Å². The lowest BCUT2D eigenvalue weighted by molar-refractivity contribution is -0.132. The van der Waals surface area contributed by atoms with Gasteiger partial charge in [0, 0.05) is 19.1 Å². The van der Waals surface area contributed by atoms with Crippen molar-refractivity contribution in [2.45, 2.75) is 31.7 Å². The average Bonchev–Trinajstić information content (AvgIpc) is 3.09. The molecular weight excluding hydrogens is 484 g/mol. The summed E-state index contributed by atoms with van der Waals surface area (Å²) in [7, 11) is 4.73. The number of anilines is 1. The van der Waals surface area contributed by atoms with Gasteiger partial charge in [0.1, 0.15) is 5.78 Å². The molecule has 3 aromatic rings. The normalized spacial score (nSPS) is 20.2. The molecule has 8 nitrogen and oxygen atoms in total. The van der Waals surface area contributed by atoms with Crippen LogP contribution >= 0.6 is 0 Å². The Labute approximate surface area is 221 Å². The second kappa shape index (κ2) is 10.6. The molecule has 0 bridgehead atoms. The minimum absolute atomic E-state index is 0.0379. The summed E-state index contributed by atoms with van der Waals surface area (Å²) in [5.74, 6) is 1.18. The summed E-state index contributed by atoms with van der Waals surface area (Å²) < 4.78 is 21.7. The molecule has 196 valence electrons. The molecular formula is C30H30N2O6. The van der Waals surface area contributed by atoms with E-state index in [1.165, 1.54) is 14.0 Å². The van der Waals surface area contributed by atoms with Crippen molar-refractivity contribution in [2.75, 3.05) is 26.6 Å². The molecule has 0 aromatic heterocycles. The highest BCUT2D eigenvalue weighted by molar-refractivity contribution is 6.11. The molecule has 38 heavy (non-hydrogen) atoms. The van der Waals surface area contributed by atoms with Crippen LogP contribution in [0, 0.1) is 5.92 Å². The number of nitrogens with one attached hydrogen (secondary N) is 1. The number of methoxy groups -OCH3 is 3. The van der Waals surface area contributed by atoms with E-state index >= 15 is 0 Å². The van der Waals surface area contributed by atoms with Gasteiger partial charge in [-0.15, -0.1) is 0 Å². The van der Waals surface area contributed by atoms with Gasteiger partial charge in [-0.25, -0.2) is 0 Å². The minimum atomic E-state index is -0.469. The van der Waals surface area contributed by atoms with Crippen LogP contribution in [0.3, 0.4) is 0 Å². The molecule has 3 unspecified atom stereocenters. The molecule has 1 heterocycles. The molecule has 3 aromatic carbocycles. The number of carbonyl (C=O) groups excluding carboxylic acids is 2. The monoisotopic (exact) mass is 514 g/mol. The first-order valence-corrected chi connectivity index (χ1v) is 12.5. The Morgan fingerprint density at radius 1 is 0.842 bits per heavy atom. The number of fused-ring (bicyclic) bond motifs is 2. The predicted molar refractivity (Wildman–Crippen MR) is 144 cm³/mol. The summed E-state index contributed by atoms with van der Waals surface area (Å²) >= 11 is 0. The standard InChI is InChI=1S/C30H30N2O6/c1-17(33)38-26-12-10-19(16-28(26)37-4)30-29-23(31-21-7-5-6-8-22(21)32-30)13-20(14-24(29)34)18-9-11-25(35-2)27(15-18)36-3/h5-12,15-16,20,29-30,32H,13-14H2,1-4H3. The first-order chi connectivity index (χ1) is 18.4. The van der Waals surface area contributed by atoms with Gasteiger partial charge in [0.2, 0.25) is 0 Å². The van der Waals surface area contributed by atoms with Crippen LogP contribution < -0.4 is 24.3 Å². The number of benzene rings is 3. The number of aliphatic imine (C=N–C) groups is 1. The first-order valence-electron chi connectivity index (χ1n) is 12.5. The van der Waals surface area contributed by atoms with Gasteiger partial charge in [-0.1, -0.05) is 24.3 Å². The highest BCUT2D eigenvalue weighted by Crippen LogP contribution is 2.45. The van der Waals surface area contributed by atoms with E-state index in [9.17, 15) is 9.59 Å². The number of rotatable bonds is 6. The van der Waals surface area contributed by atoms with Gasteiger partial charge in [0.25, 0.3) is 0 Å². The maximum Gasteiger partial charge on any atom is 0.308 e. The van der Waals surface area contributed by atoms with Crippen molar-refractivity contribution in [3.05, 3.63) is 71.8 Å². The van der Waals surface area contributed by atoms with E-state index in [2.05, 4.69) is 5.32 Å². The quantitative estimate of drug-likeness (QED) is 0.336. The van der Waals surface area contributed by atoms with E-state index in [0.29, 0.717) is 35.8 Å². The van der Waals surface area contributed by atoms with E-state index in [0.717, 1.165) is 28.2 Å². The highest BCUT2D eigenvalue weighted by Gasteiger charge is 2.42. The molecule has 8 heteroatoms. The fourth-order valence-corrected chi connectivity index (χ4v) is 5.33. The van der Waals surface area contributed by atoms with Crippen LogP contribution in [0.2, 0.25) is 0 Å². The van der Waals surface area contributed by atoms with Crippen molar-refractivity contribution in [3.63, 3.8) is 0 Å². The minimum Gasteiger partial charge on any atom is -0.493 e. The number of hydrogen-bond acceptors (Lipinski definition) is 8. The van der Waals surface area contributed by atoms with Gasteiger partial charge in [0.15, 0.2) is 23.0 Å². The Morgan fingerprint density at radius 2 is 1.50 bits per heavy atom. The molecule has 3 atom stereocenters. The predicted octanol–water partition coefficient (Wildman–Crippen LogP) is 5.64. The van der Waals surface area contributed by atoms with E-state index in [4.69, 9.17) is 23.9 Å². The summed E-state index contributed by atoms with van der Waals surface area (Å²) in [6.07, 6.45) is 0.997. The summed E-state index contributed by atoms with van der Waals surface area (Å²) in [4.78, 5) is 30.4.